The average molecular weight is 1060 g/mol. The Morgan fingerprint density at radius 1 is 0.688 bits per heavy atom. The molecule has 16 heteroatoms. The van der Waals surface area contributed by atoms with Gasteiger partial charge in [-0.1, -0.05) is 38.8 Å². The van der Waals surface area contributed by atoms with Gasteiger partial charge in [-0.3, -0.25) is 28.6 Å². The van der Waals surface area contributed by atoms with Gasteiger partial charge in [0.2, 0.25) is 0 Å². The maximum atomic E-state index is 14.2. The number of benzene rings is 2. The Morgan fingerprint density at radius 2 is 1.25 bits per heavy atom. The number of hydrogen-bond donors (Lipinski definition) is 3. The molecule has 14 rings (SSSR count). The van der Waals surface area contributed by atoms with E-state index in [1.54, 1.807) is 34.6 Å². The van der Waals surface area contributed by atoms with Crippen molar-refractivity contribution >= 4 is 27.6 Å². The van der Waals surface area contributed by atoms with E-state index in [1.165, 1.54) is 36.8 Å². The van der Waals surface area contributed by atoms with Crippen molar-refractivity contribution in [2.45, 2.75) is 121 Å². The molecule has 4 aliphatic carbocycles. The van der Waals surface area contributed by atoms with Gasteiger partial charge in [0.25, 0.3) is 11.1 Å². The zero-order valence-electron chi connectivity index (χ0n) is 46.0. The highest BCUT2D eigenvalue weighted by Gasteiger charge is 2.32. The lowest BCUT2D eigenvalue weighted by Gasteiger charge is -2.25. The van der Waals surface area contributed by atoms with E-state index >= 15 is 0 Å². The third-order valence-corrected chi connectivity index (χ3v) is 16.1. The van der Waals surface area contributed by atoms with Gasteiger partial charge in [-0.15, -0.1) is 10.2 Å². The minimum absolute atomic E-state index is 0.0657. The SMILES string of the molecule is CCC.CN=C(N)c1cc(C#N)ccc1-c1cc(C2CC2)nc(-n2cc(C3CC3)c3cc[nH]c3c2=O)c1.Cn1cnnc1-c1cc(C#N)ccc1-c1cc(C2CC2)nc(-n2cc(C3CC3)c3cc(CN4CCCCC4)[nH]c3c2=O)c1. The largest absolute Gasteiger partial charge is 0.383 e. The first-order valence-electron chi connectivity index (χ1n) is 28.5. The van der Waals surface area contributed by atoms with Crippen molar-refractivity contribution in [1.29, 1.82) is 10.5 Å². The number of pyridine rings is 4. The Hall–Kier alpha value is -8.73. The predicted molar refractivity (Wildman–Crippen MR) is 313 cm³/mol. The van der Waals surface area contributed by atoms with Gasteiger partial charge in [0, 0.05) is 90.0 Å². The highest BCUT2D eigenvalue weighted by molar-refractivity contribution is 6.04. The van der Waals surface area contributed by atoms with Crippen LogP contribution in [0.3, 0.4) is 0 Å². The fourth-order valence-corrected chi connectivity index (χ4v) is 11.3. The molecule has 0 spiro atoms. The molecule has 2 aromatic carbocycles. The molecule has 0 radical (unpaired) electrons. The van der Waals surface area contributed by atoms with Gasteiger partial charge in [-0.2, -0.15) is 10.5 Å². The number of nitrogens with one attached hydrogen (secondary N) is 2. The van der Waals surface area contributed by atoms with Gasteiger partial charge in [0.1, 0.15) is 34.8 Å². The van der Waals surface area contributed by atoms with Crippen LogP contribution in [0, 0.1) is 22.7 Å². The zero-order valence-corrected chi connectivity index (χ0v) is 46.0. The highest BCUT2D eigenvalue weighted by Crippen LogP contribution is 2.46. The van der Waals surface area contributed by atoms with E-state index in [-0.39, 0.29) is 11.1 Å². The number of aromatic nitrogens is 9. The van der Waals surface area contributed by atoms with Crippen LogP contribution in [0.4, 0.5) is 0 Å². The maximum Gasteiger partial charge on any atom is 0.280 e. The molecule has 1 saturated heterocycles. The number of nitriles is 2. The van der Waals surface area contributed by atoms with Gasteiger partial charge >= 0.3 is 0 Å². The van der Waals surface area contributed by atoms with Crippen LogP contribution in [-0.4, -0.2) is 74.7 Å². The van der Waals surface area contributed by atoms with E-state index < -0.39 is 0 Å². The molecule has 9 aromatic rings. The minimum Gasteiger partial charge on any atom is -0.383 e. The number of hydrogen-bond acceptors (Lipinski definition) is 10. The van der Waals surface area contributed by atoms with E-state index in [0.29, 0.717) is 74.7 Å². The van der Waals surface area contributed by atoms with Crippen LogP contribution >= 0.6 is 0 Å². The van der Waals surface area contributed by atoms with Crippen molar-refractivity contribution in [3.05, 3.63) is 163 Å². The summed E-state index contributed by atoms with van der Waals surface area (Å²) in [6.07, 6.45) is 21.5. The van der Waals surface area contributed by atoms with E-state index in [4.69, 9.17) is 15.7 Å². The Labute approximate surface area is 464 Å². The van der Waals surface area contributed by atoms with E-state index in [1.807, 2.05) is 72.7 Å². The van der Waals surface area contributed by atoms with Gasteiger partial charge in [0.15, 0.2) is 5.82 Å². The molecule has 0 bridgehead atoms. The molecular weight excluding hydrogens is 997 g/mol. The van der Waals surface area contributed by atoms with Crippen LogP contribution in [0.1, 0.15) is 159 Å². The van der Waals surface area contributed by atoms with Gasteiger partial charge < -0.3 is 20.3 Å². The van der Waals surface area contributed by atoms with Crippen LogP contribution < -0.4 is 16.9 Å². The second kappa shape index (κ2) is 21.8. The van der Waals surface area contributed by atoms with E-state index in [0.717, 1.165) is 127 Å². The highest BCUT2D eigenvalue weighted by atomic mass is 16.1. The van der Waals surface area contributed by atoms with E-state index in [9.17, 15) is 20.1 Å². The summed E-state index contributed by atoms with van der Waals surface area (Å²) in [6, 6.07) is 27.9. The Kier molecular flexibility index (Phi) is 14.2. The van der Waals surface area contributed by atoms with Crippen molar-refractivity contribution < 1.29 is 0 Å². The number of H-pyrrole nitrogens is 2. The number of aromatic amines is 2. The molecule has 0 unspecified atom stereocenters. The monoisotopic (exact) mass is 1060 g/mol. The maximum absolute atomic E-state index is 14.2. The summed E-state index contributed by atoms with van der Waals surface area (Å²) < 4.78 is 5.30. The molecule has 4 N–H and O–H groups in total. The first-order valence-corrected chi connectivity index (χ1v) is 28.5. The Balaban J connectivity index is 0.000000156. The summed E-state index contributed by atoms with van der Waals surface area (Å²) in [7, 11) is 3.53. The molecule has 5 fully saturated rings. The molecule has 404 valence electrons. The van der Waals surface area contributed by atoms with Crippen LogP contribution in [-0.2, 0) is 13.6 Å². The molecule has 8 heterocycles. The lowest BCUT2D eigenvalue weighted by molar-refractivity contribution is 0.219. The van der Waals surface area contributed by atoms with Crippen molar-refractivity contribution in [2.24, 2.45) is 17.8 Å². The molecule has 4 saturated carbocycles. The average Bonchev–Trinajstić information content (AvgIpc) is 4.32. The van der Waals surface area contributed by atoms with Gasteiger partial charge in [0.05, 0.1) is 23.3 Å². The quantitative estimate of drug-likeness (QED) is 0.0775. The van der Waals surface area contributed by atoms with Crippen molar-refractivity contribution in [1.82, 2.24) is 48.7 Å². The van der Waals surface area contributed by atoms with Crippen molar-refractivity contribution in [3.63, 3.8) is 0 Å². The predicted octanol–water partition coefficient (Wildman–Crippen LogP) is 11.5. The summed E-state index contributed by atoms with van der Waals surface area (Å²) in [5.41, 5.74) is 19.1. The lowest BCUT2D eigenvalue weighted by Crippen LogP contribution is -2.29. The number of aliphatic imine (C=N–C) groups is 1. The molecule has 1 aliphatic heterocycles. The van der Waals surface area contributed by atoms with Crippen molar-refractivity contribution in [3.8, 4) is 57.4 Å². The number of rotatable bonds is 12. The second-order valence-corrected chi connectivity index (χ2v) is 22.4. The zero-order chi connectivity index (χ0) is 55.2. The first-order chi connectivity index (χ1) is 39.0. The number of nitrogens with zero attached hydrogens (tertiary/aromatic N) is 11. The fraction of sp³-hybridized carbons (Fsp3) is 0.359. The van der Waals surface area contributed by atoms with Gasteiger partial charge in [-0.25, -0.2) is 9.97 Å². The van der Waals surface area contributed by atoms with Gasteiger partial charge in [-0.05, 0) is 183 Å². The topological polar surface area (TPSA) is 221 Å². The number of nitrogens with two attached hydrogens (primary N) is 1. The number of aryl methyl sites for hydroxylation is 1. The number of likely N-dealkylation sites (tertiary alicyclic amines) is 1. The normalized spacial score (nSPS) is 16.4. The fourth-order valence-electron chi connectivity index (χ4n) is 11.3. The molecule has 7 aromatic heterocycles. The third kappa shape index (κ3) is 10.5. The Bertz CT molecular complexity index is 4080. The van der Waals surface area contributed by atoms with Crippen LogP contribution in [0.15, 0.2) is 112 Å². The molecular formula is C64H66N14O2. The van der Waals surface area contributed by atoms with Crippen molar-refractivity contribution in [2.75, 3.05) is 20.1 Å². The standard InChI is InChI=1S/C34H34N8O.C27H24N6O.C3H8/c1-40-20-36-39-33(40)28-13-21(17-35)5-10-26(28)24-14-30(23-8-9-23)38-31(15-24)42-19-29(22-6-7-22)27-16-25(37-32(27)34(42)43)18-41-11-3-2-4-12-41;1-30-26(29)21-10-15(13-28)2-7-19(21)18-11-23(17-5-6-17)32-24(12-18)33-14-22(16-3-4-16)20-8-9-31-25(20)27(33)34;1-3-2/h5,10,13-16,19-20,22-23,37H,2-4,6-9,11-12,18H2,1H3;2,7-12,14,16-17,31H,3-6H2,1H3,(H2,29,30);3H2,1-2H3. The summed E-state index contributed by atoms with van der Waals surface area (Å²) in [5, 5.41) is 29.5. The number of piperidine rings is 1. The third-order valence-electron chi connectivity index (χ3n) is 16.1. The summed E-state index contributed by atoms with van der Waals surface area (Å²) in [6.45, 7) is 7.32. The van der Waals surface area contributed by atoms with E-state index in [2.05, 4.69) is 74.2 Å². The molecule has 0 amide bonds. The van der Waals surface area contributed by atoms with Crippen LogP contribution in [0.25, 0.3) is 67.1 Å². The molecule has 80 heavy (non-hydrogen) atoms. The Morgan fingerprint density at radius 3 is 1.81 bits per heavy atom. The smallest absolute Gasteiger partial charge is 0.280 e. The number of amidine groups is 1. The first kappa shape index (κ1) is 52.0. The minimum atomic E-state index is -0.106. The number of fused-ring (bicyclic) bond motifs is 2. The molecule has 16 nitrogen and oxygen atoms in total. The second-order valence-electron chi connectivity index (χ2n) is 22.4. The molecule has 0 atom stereocenters. The lowest BCUT2D eigenvalue weighted by atomic mass is 9.96. The van der Waals surface area contributed by atoms with Crippen LogP contribution in [0.5, 0.6) is 0 Å². The van der Waals surface area contributed by atoms with Crippen LogP contribution in [0.2, 0.25) is 0 Å². The summed E-state index contributed by atoms with van der Waals surface area (Å²) in [4.78, 5) is 51.0. The summed E-state index contributed by atoms with van der Waals surface area (Å²) >= 11 is 0. The molecule has 5 aliphatic rings. The summed E-state index contributed by atoms with van der Waals surface area (Å²) in [5.74, 6) is 4.02.